The molecular weight excluding hydrogens is 234 g/mol. The van der Waals surface area contributed by atoms with Gasteiger partial charge in [0.05, 0.1) is 0 Å². The zero-order valence-electron chi connectivity index (χ0n) is 11.9. The molecule has 0 atom stereocenters. The fraction of sp³-hybridized carbons (Fsp3) is 0.471. The highest BCUT2D eigenvalue weighted by Crippen LogP contribution is 2.28. The van der Waals surface area contributed by atoms with Crippen LogP contribution in [0.4, 0.5) is 0 Å². The van der Waals surface area contributed by atoms with Crippen molar-refractivity contribution in [3.8, 4) is 5.75 Å². The lowest BCUT2D eigenvalue weighted by molar-refractivity contribution is 0.474. The summed E-state index contributed by atoms with van der Waals surface area (Å²) in [5.41, 5.74) is 2.82. The van der Waals surface area contributed by atoms with Crippen molar-refractivity contribution in [3.05, 3.63) is 35.5 Å². The van der Waals surface area contributed by atoms with E-state index in [1.807, 2.05) is 12.1 Å². The summed E-state index contributed by atoms with van der Waals surface area (Å²) >= 11 is 0. The van der Waals surface area contributed by atoms with Crippen molar-refractivity contribution >= 4 is 10.9 Å². The Labute approximate surface area is 115 Å². The quantitative estimate of drug-likeness (QED) is 0.766. The summed E-state index contributed by atoms with van der Waals surface area (Å²) in [6.07, 6.45) is 6.83. The van der Waals surface area contributed by atoms with E-state index in [9.17, 15) is 5.11 Å². The van der Waals surface area contributed by atoms with Crippen molar-refractivity contribution in [2.24, 2.45) is 0 Å². The molecule has 0 bridgehead atoms. The molecule has 2 heteroatoms. The van der Waals surface area contributed by atoms with Gasteiger partial charge in [-0.1, -0.05) is 51.3 Å². The van der Waals surface area contributed by atoms with Gasteiger partial charge in [-0.2, -0.15) is 0 Å². The third-order valence-corrected chi connectivity index (χ3v) is 3.64. The van der Waals surface area contributed by atoms with Gasteiger partial charge in [-0.25, -0.2) is 4.98 Å². The summed E-state index contributed by atoms with van der Waals surface area (Å²) < 4.78 is 0. The molecule has 2 rings (SSSR count). The number of aryl methyl sites for hydroxylation is 2. The first kappa shape index (κ1) is 13.9. The van der Waals surface area contributed by atoms with Gasteiger partial charge in [-0.3, -0.25) is 0 Å². The number of aromatic hydroxyl groups is 1. The molecule has 0 aliphatic rings. The number of nitrogens with zero attached hydrogens (tertiary/aromatic N) is 1. The third kappa shape index (κ3) is 3.25. The smallest absolute Gasteiger partial charge is 0.144 e. The molecule has 0 radical (unpaired) electrons. The van der Waals surface area contributed by atoms with E-state index in [0.717, 1.165) is 35.0 Å². The number of benzene rings is 1. The molecule has 1 aromatic carbocycles. The zero-order valence-corrected chi connectivity index (χ0v) is 11.9. The SMILES string of the molecule is CCCCCCc1ccc2ccc(CC)c(O)c2n1. The number of aromatic nitrogens is 1. The summed E-state index contributed by atoms with van der Waals surface area (Å²) in [6.45, 7) is 4.27. The highest BCUT2D eigenvalue weighted by Gasteiger charge is 2.07. The lowest BCUT2D eigenvalue weighted by Gasteiger charge is -2.07. The van der Waals surface area contributed by atoms with E-state index in [-0.39, 0.29) is 0 Å². The molecule has 1 N–H and O–H groups in total. The summed E-state index contributed by atoms with van der Waals surface area (Å²) in [7, 11) is 0. The Bertz CT molecular complexity index is 548. The van der Waals surface area contributed by atoms with Crippen LogP contribution >= 0.6 is 0 Å². The van der Waals surface area contributed by atoms with E-state index >= 15 is 0 Å². The molecular formula is C17H23NO. The number of hydrogen-bond acceptors (Lipinski definition) is 2. The minimum Gasteiger partial charge on any atom is -0.505 e. The second-order valence-electron chi connectivity index (χ2n) is 5.11. The van der Waals surface area contributed by atoms with Gasteiger partial charge in [-0.15, -0.1) is 0 Å². The molecule has 0 saturated carbocycles. The van der Waals surface area contributed by atoms with E-state index in [1.165, 1.54) is 25.7 Å². The number of phenolic OH excluding ortho intramolecular Hbond substituents is 1. The molecule has 0 spiro atoms. The van der Waals surface area contributed by atoms with Crippen molar-refractivity contribution in [2.75, 3.05) is 0 Å². The molecule has 0 saturated heterocycles. The van der Waals surface area contributed by atoms with Crippen LogP contribution in [0.1, 0.15) is 50.8 Å². The van der Waals surface area contributed by atoms with E-state index in [4.69, 9.17) is 0 Å². The maximum Gasteiger partial charge on any atom is 0.144 e. The van der Waals surface area contributed by atoms with Gasteiger partial charge in [0.1, 0.15) is 11.3 Å². The average Bonchev–Trinajstić information content (AvgIpc) is 2.44. The minimum absolute atomic E-state index is 0.357. The lowest BCUT2D eigenvalue weighted by Crippen LogP contribution is -1.93. The Morgan fingerprint density at radius 1 is 1.00 bits per heavy atom. The van der Waals surface area contributed by atoms with Crippen molar-refractivity contribution in [1.82, 2.24) is 4.98 Å². The highest BCUT2D eigenvalue weighted by molar-refractivity contribution is 5.85. The zero-order chi connectivity index (χ0) is 13.7. The number of unbranched alkanes of at least 4 members (excludes halogenated alkanes) is 3. The Kier molecular flexibility index (Phi) is 4.78. The summed E-state index contributed by atoms with van der Waals surface area (Å²) in [4.78, 5) is 4.63. The largest absolute Gasteiger partial charge is 0.505 e. The molecule has 1 heterocycles. The number of rotatable bonds is 6. The van der Waals surface area contributed by atoms with Gasteiger partial charge >= 0.3 is 0 Å². The molecule has 102 valence electrons. The number of fused-ring (bicyclic) bond motifs is 1. The topological polar surface area (TPSA) is 33.1 Å². The summed E-state index contributed by atoms with van der Waals surface area (Å²) in [5, 5.41) is 11.2. The number of hydrogen-bond donors (Lipinski definition) is 1. The van der Waals surface area contributed by atoms with Crippen LogP contribution < -0.4 is 0 Å². The monoisotopic (exact) mass is 257 g/mol. The predicted molar refractivity (Wildman–Crippen MR) is 80.6 cm³/mol. The predicted octanol–water partition coefficient (Wildman–Crippen LogP) is 4.63. The second kappa shape index (κ2) is 6.55. The van der Waals surface area contributed by atoms with E-state index in [1.54, 1.807) is 0 Å². The van der Waals surface area contributed by atoms with E-state index in [2.05, 4.69) is 31.0 Å². The maximum absolute atomic E-state index is 10.2. The minimum atomic E-state index is 0.357. The van der Waals surface area contributed by atoms with Crippen molar-refractivity contribution in [3.63, 3.8) is 0 Å². The Hall–Kier alpha value is -1.57. The van der Waals surface area contributed by atoms with Crippen LogP contribution in [0.2, 0.25) is 0 Å². The lowest BCUT2D eigenvalue weighted by atomic mass is 10.1. The van der Waals surface area contributed by atoms with Crippen LogP contribution in [0.25, 0.3) is 10.9 Å². The number of phenols is 1. The van der Waals surface area contributed by atoms with Gasteiger partial charge in [0.2, 0.25) is 0 Å². The molecule has 1 aromatic heterocycles. The second-order valence-corrected chi connectivity index (χ2v) is 5.11. The molecule has 0 aliphatic heterocycles. The van der Waals surface area contributed by atoms with Crippen LogP contribution in [0.5, 0.6) is 5.75 Å². The number of pyridine rings is 1. The van der Waals surface area contributed by atoms with Gasteiger partial charge in [0.25, 0.3) is 0 Å². The molecule has 19 heavy (non-hydrogen) atoms. The highest BCUT2D eigenvalue weighted by atomic mass is 16.3. The standard InChI is InChI=1S/C17H23NO/c1-3-5-6-7-8-15-12-11-14-10-9-13(4-2)17(19)16(14)18-15/h9-12,19H,3-8H2,1-2H3. The Morgan fingerprint density at radius 2 is 1.79 bits per heavy atom. The first-order valence-corrected chi connectivity index (χ1v) is 7.36. The van der Waals surface area contributed by atoms with Crippen LogP contribution in [0.3, 0.4) is 0 Å². The van der Waals surface area contributed by atoms with E-state index in [0.29, 0.717) is 5.75 Å². The van der Waals surface area contributed by atoms with E-state index < -0.39 is 0 Å². The fourth-order valence-electron chi connectivity index (χ4n) is 2.41. The first-order valence-electron chi connectivity index (χ1n) is 7.36. The molecule has 0 amide bonds. The fourth-order valence-corrected chi connectivity index (χ4v) is 2.41. The molecule has 0 fully saturated rings. The molecule has 2 aromatic rings. The third-order valence-electron chi connectivity index (χ3n) is 3.64. The van der Waals surface area contributed by atoms with Crippen molar-refractivity contribution < 1.29 is 5.11 Å². The van der Waals surface area contributed by atoms with Crippen LogP contribution in [0.15, 0.2) is 24.3 Å². The summed E-state index contributed by atoms with van der Waals surface area (Å²) in [5.74, 6) is 0.357. The molecule has 0 aliphatic carbocycles. The van der Waals surface area contributed by atoms with Gasteiger partial charge < -0.3 is 5.11 Å². The Morgan fingerprint density at radius 3 is 2.53 bits per heavy atom. The van der Waals surface area contributed by atoms with Crippen LogP contribution in [-0.2, 0) is 12.8 Å². The van der Waals surface area contributed by atoms with Crippen LogP contribution in [-0.4, -0.2) is 10.1 Å². The van der Waals surface area contributed by atoms with Crippen molar-refractivity contribution in [2.45, 2.75) is 52.4 Å². The average molecular weight is 257 g/mol. The maximum atomic E-state index is 10.2. The molecule has 2 nitrogen and oxygen atoms in total. The first-order chi connectivity index (χ1) is 9.26. The normalized spacial score (nSPS) is 11.1. The van der Waals surface area contributed by atoms with Crippen molar-refractivity contribution in [1.29, 1.82) is 0 Å². The van der Waals surface area contributed by atoms with Crippen LogP contribution in [0, 0.1) is 0 Å². The Balaban J connectivity index is 2.21. The molecule has 0 unspecified atom stereocenters. The van der Waals surface area contributed by atoms with Gasteiger partial charge in [-0.05, 0) is 30.9 Å². The van der Waals surface area contributed by atoms with Gasteiger partial charge in [0.15, 0.2) is 0 Å². The van der Waals surface area contributed by atoms with Gasteiger partial charge in [0, 0.05) is 11.1 Å². The summed E-state index contributed by atoms with van der Waals surface area (Å²) in [6, 6.07) is 8.18.